The first-order chi connectivity index (χ1) is 22.8. The third-order valence-corrected chi connectivity index (χ3v) is 9.61. The number of fused-ring (bicyclic) bond motifs is 1. The summed E-state index contributed by atoms with van der Waals surface area (Å²) in [6.07, 6.45) is 4.30. The fourth-order valence-electron chi connectivity index (χ4n) is 6.44. The maximum atomic E-state index is 2.48. The Morgan fingerprint density at radius 3 is 1.46 bits per heavy atom. The van der Waals surface area contributed by atoms with Gasteiger partial charge in [0.1, 0.15) is 0 Å². The molecule has 0 amide bonds. The topological polar surface area (TPSA) is 9.72 Å². The molecule has 8 rings (SSSR count). The van der Waals surface area contributed by atoms with Gasteiger partial charge in [-0.1, -0.05) is 103 Å². The van der Waals surface area contributed by atoms with Crippen LogP contribution in [0, 0.1) is 0 Å². The fraction of sp³-hybridized carbons (Fsp3) is 0.0476. The van der Waals surface area contributed by atoms with E-state index < -0.39 is 0 Å². The quantitative estimate of drug-likeness (QED) is 0.178. The summed E-state index contributed by atoms with van der Waals surface area (Å²) in [5.41, 5.74) is 10.8. The highest BCUT2D eigenvalue weighted by Gasteiger charge is 2.31. The van der Waals surface area contributed by atoms with Crippen molar-refractivity contribution in [3.8, 4) is 0 Å². The normalized spacial score (nSPS) is 13.8. The van der Waals surface area contributed by atoms with Crippen LogP contribution in [0.2, 0.25) is 0 Å². The standard InChI is InChI=1S/C42H33N3S/c1-6-16-32(17-7-1)43(33-18-8-2-9-19-33)37-26-28-39-41(30-37)46-42-31-38(27-29-40(42)45(39)36-24-14-5-15-25-36)44(34-20-10-3-11-21-34)35-22-12-4-13-23-35/h1-26,28,30-31H,27,29H2. The van der Waals surface area contributed by atoms with Crippen LogP contribution >= 0.6 is 11.8 Å². The van der Waals surface area contributed by atoms with Crippen LogP contribution in [0.3, 0.4) is 0 Å². The van der Waals surface area contributed by atoms with E-state index in [-0.39, 0.29) is 0 Å². The number of para-hydroxylation sites is 5. The van der Waals surface area contributed by atoms with Gasteiger partial charge >= 0.3 is 0 Å². The SMILES string of the molecule is C1=C(N(c2ccccc2)c2ccccc2)CCC2=C1Sc1cc(N(c3ccccc3)c3ccccc3)ccc1N2c1ccccc1. The van der Waals surface area contributed by atoms with Crippen LogP contribution < -0.4 is 14.7 Å². The summed E-state index contributed by atoms with van der Waals surface area (Å²) in [4.78, 5) is 9.75. The van der Waals surface area contributed by atoms with Crippen molar-refractivity contribution in [3.05, 3.63) is 192 Å². The summed E-state index contributed by atoms with van der Waals surface area (Å²) in [5, 5.41) is 0. The Balaban J connectivity index is 1.26. The molecule has 0 saturated carbocycles. The maximum Gasteiger partial charge on any atom is 0.0599 e. The molecule has 0 aromatic heterocycles. The van der Waals surface area contributed by atoms with Crippen LogP contribution in [0.5, 0.6) is 0 Å². The fourth-order valence-corrected chi connectivity index (χ4v) is 7.63. The Bertz CT molecular complexity index is 1930. The zero-order chi connectivity index (χ0) is 30.7. The molecule has 6 aromatic rings. The van der Waals surface area contributed by atoms with E-state index in [0.717, 1.165) is 29.9 Å². The average molecular weight is 612 g/mol. The van der Waals surface area contributed by atoms with E-state index in [1.165, 1.54) is 43.9 Å². The van der Waals surface area contributed by atoms with Crippen LogP contribution in [0.4, 0.5) is 39.8 Å². The predicted molar refractivity (Wildman–Crippen MR) is 195 cm³/mol. The molecule has 0 radical (unpaired) electrons. The Hall–Kier alpha value is -5.45. The van der Waals surface area contributed by atoms with E-state index in [0.29, 0.717) is 0 Å². The first-order valence-electron chi connectivity index (χ1n) is 15.7. The van der Waals surface area contributed by atoms with Crippen molar-refractivity contribution >= 4 is 51.6 Å². The minimum atomic E-state index is 0.940. The molecule has 4 heteroatoms. The molecule has 0 unspecified atom stereocenters. The lowest BCUT2D eigenvalue weighted by Crippen LogP contribution is -2.26. The summed E-state index contributed by atoms with van der Waals surface area (Å²) >= 11 is 1.88. The van der Waals surface area contributed by atoms with Gasteiger partial charge in [0, 0.05) is 55.3 Å². The second-order valence-electron chi connectivity index (χ2n) is 11.4. The van der Waals surface area contributed by atoms with E-state index in [9.17, 15) is 0 Å². The number of allylic oxidation sites excluding steroid dienone is 3. The highest BCUT2D eigenvalue weighted by Crippen LogP contribution is 2.53. The Morgan fingerprint density at radius 2 is 0.935 bits per heavy atom. The summed E-state index contributed by atoms with van der Waals surface area (Å²) in [7, 11) is 0. The molecule has 0 N–H and O–H groups in total. The minimum Gasteiger partial charge on any atom is -0.314 e. The summed E-state index contributed by atoms with van der Waals surface area (Å²) in [5.74, 6) is 0. The van der Waals surface area contributed by atoms with Crippen LogP contribution in [0.1, 0.15) is 12.8 Å². The number of hydrogen-bond donors (Lipinski definition) is 0. The van der Waals surface area contributed by atoms with Crippen molar-refractivity contribution in [2.75, 3.05) is 14.7 Å². The molecule has 0 fully saturated rings. The maximum absolute atomic E-state index is 2.48. The number of hydrogen-bond acceptors (Lipinski definition) is 4. The van der Waals surface area contributed by atoms with Gasteiger partial charge in [0.2, 0.25) is 0 Å². The molecule has 0 bridgehead atoms. The highest BCUT2D eigenvalue weighted by molar-refractivity contribution is 8.03. The van der Waals surface area contributed by atoms with Gasteiger partial charge in [0.15, 0.2) is 0 Å². The van der Waals surface area contributed by atoms with Gasteiger partial charge in [0.05, 0.1) is 5.69 Å². The van der Waals surface area contributed by atoms with Crippen molar-refractivity contribution in [3.63, 3.8) is 0 Å². The molecule has 3 nitrogen and oxygen atoms in total. The molecule has 46 heavy (non-hydrogen) atoms. The number of anilines is 7. The molecule has 6 aromatic carbocycles. The highest BCUT2D eigenvalue weighted by atomic mass is 32.2. The number of rotatable bonds is 7. The summed E-state index contributed by atoms with van der Waals surface area (Å²) in [6, 6.07) is 60.4. The molecule has 222 valence electrons. The van der Waals surface area contributed by atoms with Gasteiger partial charge in [-0.2, -0.15) is 0 Å². The number of thioether (sulfide) groups is 1. The average Bonchev–Trinajstić information content (AvgIpc) is 3.13. The first kappa shape index (κ1) is 28.1. The lowest BCUT2D eigenvalue weighted by Gasteiger charge is -2.39. The van der Waals surface area contributed by atoms with Gasteiger partial charge in [0.25, 0.3) is 0 Å². The summed E-state index contributed by atoms with van der Waals surface area (Å²) in [6.45, 7) is 0. The minimum absolute atomic E-state index is 0.940. The Labute approximate surface area is 275 Å². The largest absolute Gasteiger partial charge is 0.314 e. The van der Waals surface area contributed by atoms with E-state index >= 15 is 0 Å². The van der Waals surface area contributed by atoms with E-state index in [1.807, 2.05) is 11.8 Å². The molecular weight excluding hydrogens is 579 g/mol. The van der Waals surface area contributed by atoms with E-state index in [4.69, 9.17) is 0 Å². The van der Waals surface area contributed by atoms with Gasteiger partial charge in [-0.05, 0) is 97.8 Å². The Kier molecular flexibility index (Phi) is 7.63. The van der Waals surface area contributed by atoms with Crippen LogP contribution in [-0.2, 0) is 0 Å². The monoisotopic (exact) mass is 611 g/mol. The molecule has 0 saturated heterocycles. The molecule has 1 aliphatic heterocycles. The van der Waals surface area contributed by atoms with Crippen molar-refractivity contribution in [2.24, 2.45) is 0 Å². The second-order valence-corrected chi connectivity index (χ2v) is 12.5. The second kappa shape index (κ2) is 12.5. The smallest absolute Gasteiger partial charge is 0.0599 e. The van der Waals surface area contributed by atoms with Crippen LogP contribution in [-0.4, -0.2) is 0 Å². The lowest BCUT2D eigenvalue weighted by molar-refractivity contribution is 0.841. The first-order valence-corrected chi connectivity index (χ1v) is 16.6. The lowest BCUT2D eigenvalue weighted by atomic mass is 10.0. The van der Waals surface area contributed by atoms with E-state index in [1.54, 1.807) is 0 Å². The predicted octanol–water partition coefficient (Wildman–Crippen LogP) is 12.1. The van der Waals surface area contributed by atoms with Gasteiger partial charge in [-0.15, -0.1) is 0 Å². The zero-order valence-electron chi connectivity index (χ0n) is 25.4. The van der Waals surface area contributed by atoms with Crippen molar-refractivity contribution in [1.82, 2.24) is 0 Å². The van der Waals surface area contributed by atoms with Gasteiger partial charge in [-0.3, -0.25) is 0 Å². The summed E-state index contributed by atoms with van der Waals surface area (Å²) < 4.78 is 0. The third kappa shape index (κ3) is 5.38. The molecule has 0 spiro atoms. The van der Waals surface area contributed by atoms with Crippen molar-refractivity contribution < 1.29 is 0 Å². The molecule has 1 heterocycles. The van der Waals surface area contributed by atoms with Crippen molar-refractivity contribution in [2.45, 2.75) is 17.7 Å². The molecular formula is C42H33N3S. The number of nitrogens with zero attached hydrogens (tertiary/aromatic N) is 3. The van der Waals surface area contributed by atoms with Crippen LogP contribution in [0.25, 0.3) is 0 Å². The van der Waals surface area contributed by atoms with Crippen molar-refractivity contribution in [1.29, 1.82) is 0 Å². The van der Waals surface area contributed by atoms with E-state index in [2.05, 4.69) is 191 Å². The number of benzene rings is 6. The Morgan fingerprint density at radius 1 is 0.457 bits per heavy atom. The molecule has 2 aliphatic rings. The van der Waals surface area contributed by atoms with Gasteiger partial charge in [-0.25, -0.2) is 0 Å². The third-order valence-electron chi connectivity index (χ3n) is 8.49. The molecule has 1 aliphatic carbocycles. The molecule has 0 atom stereocenters. The van der Waals surface area contributed by atoms with Crippen LogP contribution in [0.15, 0.2) is 197 Å². The zero-order valence-corrected chi connectivity index (χ0v) is 26.2. The van der Waals surface area contributed by atoms with Gasteiger partial charge < -0.3 is 14.7 Å².